The molecule has 0 heterocycles. The molecule has 28 heavy (non-hydrogen) atoms. The molecule has 0 spiro atoms. The number of nitrogens with one attached hydrogen (secondary N) is 2. The average Bonchev–Trinajstić information content (AvgIpc) is 2.68. The van der Waals surface area contributed by atoms with Crippen molar-refractivity contribution in [1.82, 2.24) is 15.5 Å². The predicted octanol–water partition coefficient (Wildman–Crippen LogP) is 2.95. The van der Waals surface area contributed by atoms with Gasteiger partial charge in [0, 0.05) is 20.6 Å². The maximum absolute atomic E-state index is 11.9. The molecule has 0 aromatic heterocycles. The molecule has 0 unspecified atom stereocenters. The summed E-state index contributed by atoms with van der Waals surface area (Å²) >= 11 is 0. The first-order chi connectivity index (χ1) is 13.0. The molecule has 0 saturated heterocycles. The molecule has 0 aliphatic heterocycles. The maximum atomic E-state index is 11.9. The molecular weight excluding hydrogens is 467 g/mol. The Morgan fingerprint density at radius 2 is 1.61 bits per heavy atom. The molecule has 0 atom stereocenters. The highest BCUT2D eigenvalue weighted by Gasteiger charge is 2.06. The third kappa shape index (κ3) is 8.16. The first kappa shape index (κ1) is 23.7. The van der Waals surface area contributed by atoms with Gasteiger partial charge in [0.2, 0.25) is 5.91 Å². The smallest absolute Gasteiger partial charge is 0.241 e. The highest BCUT2D eigenvalue weighted by molar-refractivity contribution is 14.0. The third-order valence-corrected chi connectivity index (χ3v) is 4.07. The minimum Gasteiger partial charge on any atom is -0.497 e. The summed E-state index contributed by atoms with van der Waals surface area (Å²) in [5, 5.41) is 6.38. The number of hydrogen-bond acceptors (Lipinski definition) is 3. The van der Waals surface area contributed by atoms with Gasteiger partial charge in [0.1, 0.15) is 5.75 Å². The van der Waals surface area contributed by atoms with E-state index in [-0.39, 0.29) is 36.4 Å². The van der Waals surface area contributed by atoms with Gasteiger partial charge in [-0.15, -0.1) is 24.0 Å². The third-order valence-electron chi connectivity index (χ3n) is 4.07. The highest BCUT2D eigenvalue weighted by atomic mass is 127. The van der Waals surface area contributed by atoms with Crippen molar-refractivity contribution in [3.63, 3.8) is 0 Å². The van der Waals surface area contributed by atoms with E-state index in [2.05, 4.69) is 46.8 Å². The molecule has 0 aliphatic rings. The van der Waals surface area contributed by atoms with Crippen LogP contribution in [-0.4, -0.2) is 44.5 Å². The molecule has 0 bridgehead atoms. The summed E-state index contributed by atoms with van der Waals surface area (Å²) in [7, 11) is 5.11. The Bertz CT molecular complexity index is 759. The summed E-state index contributed by atoms with van der Waals surface area (Å²) in [4.78, 5) is 18.0. The SMILES string of the molecule is COc1ccc(CN=C(NCC(=O)N(C)C)NCc2ccc(C)cc2)cc1.I. The molecule has 2 N–H and O–H groups in total. The fourth-order valence-electron chi connectivity index (χ4n) is 2.28. The Kier molecular flexibility index (Phi) is 10.4. The van der Waals surface area contributed by atoms with Crippen molar-refractivity contribution in [2.24, 2.45) is 4.99 Å². The summed E-state index contributed by atoms with van der Waals surface area (Å²) in [5.74, 6) is 1.40. The van der Waals surface area contributed by atoms with Crippen LogP contribution in [-0.2, 0) is 17.9 Å². The topological polar surface area (TPSA) is 66.0 Å². The molecule has 0 aliphatic carbocycles. The minimum absolute atomic E-state index is 0. The summed E-state index contributed by atoms with van der Waals surface area (Å²) in [6.45, 7) is 3.39. The fourth-order valence-corrected chi connectivity index (χ4v) is 2.28. The average molecular weight is 496 g/mol. The second-order valence-electron chi connectivity index (χ2n) is 6.49. The molecule has 7 heteroatoms. The van der Waals surface area contributed by atoms with E-state index in [1.54, 1.807) is 26.1 Å². The van der Waals surface area contributed by atoms with E-state index in [1.807, 2.05) is 24.3 Å². The largest absolute Gasteiger partial charge is 0.497 e. The lowest BCUT2D eigenvalue weighted by atomic mass is 10.1. The molecule has 0 radical (unpaired) electrons. The molecular formula is C21H29IN4O2. The number of carbonyl (C=O) groups excluding carboxylic acids is 1. The van der Waals surface area contributed by atoms with Gasteiger partial charge in [-0.1, -0.05) is 42.0 Å². The fraction of sp³-hybridized carbons (Fsp3) is 0.333. The van der Waals surface area contributed by atoms with Gasteiger partial charge < -0.3 is 20.3 Å². The van der Waals surface area contributed by atoms with Gasteiger partial charge in [0.15, 0.2) is 5.96 Å². The second-order valence-corrected chi connectivity index (χ2v) is 6.49. The standard InChI is InChI=1S/C21H28N4O2.HI/c1-16-5-7-17(8-6-16)13-22-21(24-15-20(26)25(2)3)23-14-18-9-11-19(27-4)12-10-18;/h5-12H,13-15H2,1-4H3,(H2,22,23,24);1H. The van der Waals surface area contributed by atoms with E-state index in [4.69, 9.17) is 4.74 Å². The first-order valence-corrected chi connectivity index (χ1v) is 8.88. The lowest BCUT2D eigenvalue weighted by molar-refractivity contribution is -0.127. The van der Waals surface area contributed by atoms with E-state index < -0.39 is 0 Å². The lowest BCUT2D eigenvalue weighted by Gasteiger charge is -2.15. The number of carbonyl (C=O) groups is 1. The van der Waals surface area contributed by atoms with Crippen LogP contribution in [0.3, 0.4) is 0 Å². The van der Waals surface area contributed by atoms with Gasteiger partial charge in [0.25, 0.3) is 0 Å². The van der Waals surface area contributed by atoms with Gasteiger partial charge in [-0.05, 0) is 30.2 Å². The minimum atomic E-state index is -0.00992. The van der Waals surface area contributed by atoms with E-state index in [0.717, 1.165) is 16.9 Å². The number of hydrogen-bond donors (Lipinski definition) is 2. The summed E-state index contributed by atoms with van der Waals surface area (Å²) in [6.07, 6.45) is 0. The van der Waals surface area contributed by atoms with E-state index in [1.165, 1.54) is 5.56 Å². The van der Waals surface area contributed by atoms with Gasteiger partial charge in [-0.25, -0.2) is 4.99 Å². The van der Waals surface area contributed by atoms with Crippen LogP contribution in [0.15, 0.2) is 53.5 Å². The normalized spacial score (nSPS) is 10.6. The molecule has 6 nitrogen and oxygen atoms in total. The Morgan fingerprint density at radius 1 is 1.00 bits per heavy atom. The monoisotopic (exact) mass is 496 g/mol. The Hall–Kier alpha value is -2.29. The highest BCUT2D eigenvalue weighted by Crippen LogP contribution is 2.11. The van der Waals surface area contributed by atoms with Crippen LogP contribution in [0.5, 0.6) is 5.75 Å². The number of methoxy groups -OCH3 is 1. The number of likely N-dealkylation sites (N-methyl/N-ethyl adjacent to an activating group) is 1. The Labute approximate surface area is 184 Å². The predicted molar refractivity (Wildman–Crippen MR) is 124 cm³/mol. The van der Waals surface area contributed by atoms with Gasteiger partial charge in [0.05, 0.1) is 20.2 Å². The number of ether oxygens (including phenoxy) is 1. The number of rotatable bonds is 7. The van der Waals surface area contributed by atoms with Gasteiger partial charge in [-0.2, -0.15) is 0 Å². The number of halogens is 1. The number of amides is 1. The van der Waals surface area contributed by atoms with Crippen LogP contribution in [0.25, 0.3) is 0 Å². The molecule has 0 fully saturated rings. The molecule has 2 rings (SSSR count). The van der Waals surface area contributed by atoms with Crippen LogP contribution in [0.1, 0.15) is 16.7 Å². The van der Waals surface area contributed by atoms with Crippen LogP contribution in [0.2, 0.25) is 0 Å². The van der Waals surface area contributed by atoms with E-state index in [0.29, 0.717) is 19.0 Å². The molecule has 2 aromatic carbocycles. The maximum Gasteiger partial charge on any atom is 0.241 e. The Morgan fingerprint density at radius 3 is 2.18 bits per heavy atom. The van der Waals surface area contributed by atoms with Crippen molar-refractivity contribution in [3.05, 3.63) is 65.2 Å². The van der Waals surface area contributed by atoms with Gasteiger partial charge >= 0.3 is 0 Å². The zero-order valence-corrected chi connectivity index (χ0v) is 19.2. The molecule has 2 aromatic rings. The van der Waals surface area contributed by atoms with E-state index in [9.17, 15) is 4.79 Å². The van der Waals surface area contributed by atoms with Crippen molar-refractivity contribution in [2.45, 2.75) is 20.0 Å². The Balaban J connectivity index is 0.00000392. The number of aryl methyl sites for hydroxylation is 1. The molecule has 1 amide bonds. The molecule has 0 saturated carbocycles. The first-order valence-electron chi connectivity index (χ1n) is 8.88. The summed E-state index contributed by atoms with van der Waals surface area (Å²) in [5.41, 5.74) is 3.44. The van der Waals surface area contributed by atoms with Crippen LogP contribution >= 0.6 is 24.0 Å². The van der Waals surface area contributed by atoms with Gasteiger partial charge in [-0.3, -0.25) is 4.79 Å². The zero-order chi connectivity index (χ0) is 19.6. The quantitative estimate of drug-likeness (QED) is 0.352. The zero-order valence-electron chi connectivity index (χ0n) is 16.9. The summed E-state index contributed by atoms with van der Waals surface area (Å²) < 4.78 is 5.18. The van der Waals surface area contributed by atoms with Crippen molar-refractivity contribution in [2.75, 3.05) is 27.7 Å². The van der Waals surface area contributed by atoms with Crippen molar-refractivity contribution < 1.29 is 9.53 Å². The number of guanidine groups is 1. The van der Waals surface area contributed by atoms with Crippen molar-refractivity contribution in [1.29, 1.82) is 0 Å². The van der Waals surface area contributed by atoms with Crippen LogP contribution in [0, 0.1) is 6.92 Å². The van der Waals surface area contributed by atoms with E-state index >= 15 is 0 Å². The van der Waals surface area contributed by atoms with Crippen molar-refractivity contribution >= 4 is 35.8 Å². The summed E-state index contributed by atoms with van der Waals surface area (Å²) in [6, 6.07) is 16.1. The number of benzene rings is 2. The van der Waals surface area contributed by atoms with Crippen LogP contribution < -0.4 is 15.4 Å². The lowest BCUT2D eigenvalue weighted by Crippen LogP contribution is -2.42. The molecule has 152 valence electrons. The van der Waals surface area contributed by atoms with Crippen molar-refractivity contribution in [3.8, 4) is 5.75 Å². The van der Waals surface area contributed by atoms with Crippen LogP contribution in [0.4, 0.5) is 0 Å². The second kappa shape index (κ2) is 12.2. The number of nitrogens with zero attached hydrogens (tertiary/aromatic N) is 2. The number of aliphatic imine (C=N–C) groups is 1.